The van der Waals surface area contributed by atoms with Crippen molar-refractivity contribution in [3.63, 3.8) is 0 Å². The molecule has 2 aromatic carbocycles. The Hall–Kier alpha value is -2.53. The van der Waals surface area contributed by atoms with Crippen molar-refractivity contribution in [2.75, 3.05) is 45.2 Å². The average Bonchev–Trinajstić information content (AvgIpc) is 2.70. The molecule has 0 fully saturated rings. The Morgan fingerprint density at radius 1 is 1.07 bits per heavy atom. The van der Waals surface area contributed by atoms with E-state index in [2.05, 4.69) is 41.8 Å². The zero-order valence-corrected chi connectivity index (χ0v) is 17.4. The Balaban J connectivity index is 2.29. The van der Waals surface area contributed by atoms with Crippen molar-refractivity contribution in [1.82, 2.24) is 4.90 Å². The van der Waals surface area contributed by atoms with Gasteiger partial charge in [-0.1, -0.05) is 38.1 Å². The third-order valence-corrected chi connectivity index (χ3v) is 4.91. The first-order chi connectivity index (χ1) is 13.4. The van der Waals surface area contributed by atoms with Crippen LogP contribution in [0.2, 0.25) is 0 Å². The molecule has 0 saturated carbocycles. The zero-order chi connectivity index (χ0) is 20.5. The van der Waals surface area contributed by atoms with Gasteiger partial charge < -0.3 is 19.6 Å². The number of aryl methyl sites for hydroxylation is 1. The molecule has 0 radical (unpaired) electrons. The first-order valence-electron chi connectivity index (χ1n) is 9.92. The summed E-state index contributed by atoms with van der Waals surface area (Å²) in [6, 6.07) is 14.4. The fourth-order valence-corrected chi connectivity index (χ4v) is 3.11. The molecule has 5 nitrogen and oxygen atoms in total. The Labute approximate surface area is 168 Å². The third-order valence-electron chi connectivity index (χ3n) is 4.91. The quantitative estimate of drug-likeness (QED) is 0.630. The Morgan fingerprint density at radius 3 is 2.46 bits per heavy atom. The molecule has 28 heavy (non-hydrogen) atoms. The average molecular weight is 385 g/mol. The third kappa shape index (κ3) is 6.27. The number of hydrogen-bond donors (Lipinski definition) is 1. The number of carboxylic acid groups (broad SMARTS) is 1. The van der Waals surface area contributed by atoms with Crippen molar-refractivity contribution in [3.8, 4) is 16.9 Å². The van der Waals surface area contributed by atoms with Crippen LogP contribution in [0.3, 0.4) is 0 Å². The van der Waals surface area contributed by atoms with E-state index in [-0.39, 0.29) is 6.42 Å². The topological polar surface area (TPSA) is 53.0 Å². The molecule has 0 unspecified atom stereocenters. The van der Waals surface area contributed by atoms with Gasteiger partial charge in [-0.05, 0) is 48.8 Å². The summed E-state index contributed by atoms with van der Waals surface area (Å²) in [6.07, 6.45) is 0.619. The number of likely N-dealkylation sites (N-methyl/N-ethyl adjacent to an activating group) is 1. The molecule has 0 aromatic heterocycles. The maximum absolute atomic E-state index is 10.9. The summed E-state index contributed by atoms with van der Waals surface area (Å²) in [5.74, 6) is 0.0257. The molecule has 2 aromatic rings. The first-order valence-corrected chi connectivity index (χ1v) is 9.92. The highest BCUT2D eigenvalue weighted by atomic mass is 16.5. The van der Waals surface area contributed by atoms with E-state index in [1.807, 2.05) is 38.4 Å². The minimum Gasteiger partial charge on any atom is -0.492 e. The molecule has 2 rings (SSSR count). The number of benzene rings is 2. The lowest BCUT2D eigenvalue weighted by Crippen LogP contribution is -2.28. The fourth-order valence-electron chi connectivity index (χ4n) is 3.11. The first kappa shape index (κ1) is 21.8. The maximum atomic E-state index is 10.9. The number of ether oxygens (including phenoxy) is 1. The van der Waals surface area contributed by atoms with E-state index in [0.717, 1.165) is 47.8 Å². The van der Waals surface area contributed by atoms with E-state index in [4.69, 9.17) is 9.84 Å². The normalized spacial score (nSPS) is 10.9. The predicted molar refractivity (Wildman–Crippen MR) is 115 cm³/mol. The Kier molecular flexibility index (Phi) is 8.33. The minimum atomic E-state index is -0.785. The Morgan fingerprint density at radius 2 is 1.82 bits per heavy atom. The van der Waals surface area contributed by atoms with E-state index in [0.29, 0.717) is 13.0 Å². The van der Waals surface area contributed by atoms with Crippen LogP contribution in [-0.4, -0.2) is 56.3 Å². The number of carboxylic acids is 1. The summed E-state index contributed by atoms with van der Waals surface area (Å²) in [7, 11) is 4.05. The summed E-state index contributed by atoms with van der Waals surface area (Å²) in [4.78, 5) is 15.3. The summed E-state index contributed by atoms with van der Waals surface area (Å²) < 4.78 is 6.17. The maximum Gasteiger partial charge on any atom is 0.303 e. The summed E-state index contributed by atoms with van der Waals surface area (Å²) in [5, 5.41) is 8.97. The molecule has 0 saturated heterocycles. The van der Waals surface area contributed by atoms with Gasteiger partial charge in [0.2, 0.25) is 0 Å². The van der Waals surface area contributed by atoms with E-state index >= 15 is 0 Å². The van der Waals surface area contributed by atoms with Gasteiger partial charge in [-0.25, -0.2) is 0 Å². The number of hydrogen-bond acceptors (Lipinski definition) is 4. The van der Waals surface area contributed by atoms with Crippen molar-refractivity contribution in [1.29, 1.82) is 0 Å². The van der Waals surface area contributed by atoms with Gasteiger partial charge in [0.25, 0.3) is 0 Å². The number of carbonyl (C=O) groups is 1. The zero-order valence-electron chi connectivity index (χ0n) is 17.4. The monoisotopic (exact) mass is 384 g/mol. The number of anilines is 1. The predicted octanol–water partition coefficient (Wildman–Crippen LogP) is 4.16. The van der Waals surface area contributed by atoms with Crippen LogP contribution in [0.15, 0.2) is 42.5 Å². The molecule has 0 aliphatic carbocycles. The van der Waals surface area contributed by atoms with Crippen LogP contribution in [0, 0.1) is 0 Å². The lowest BCUT2D eigenvalue weighted by atomic mass is 10.00. The minimum absolute atomic E-state index is 0.119. The van der Waals surface area contributed by atoms with Gasteiger partial charge in [0.15, 0.2) is 0 Å². The van der Waals surface area contributed by atoms with Gasteiger partial charge in [-0.2, -0.15) is 0 Å². The highest BCUT2D eigenvalue weighted by Gasteiger charge is 2.11. The molecule has 0 spiro atoms. The molecular formula is C23H32N2O3. The van der Waals surface area contributed by atoms with Crippen molar-refractivity contribution < 1.29 is 14.6 Å². The van der Waals surface area contributed by atoms with Crippen LogP contribution in [-0.2, 0) is 11.2 Å². The van der Waals surface area contributed by atoms with Gasteiger partial charge in [0, 0.05) is 38.3 Å². The van der Waals surface area contributed by atoms with Crippen LogP contribution in [0.5, 0.6) is 5.75 Å². The van der Waals surface area contributed by atoms with Gasteiger partial charge in [0.1, 0.15) is 12.4 Å². The van der Waals surface area contributed by atoms with Crippen molar-refractivity contribution in [2.24, 2.45) is 0 Å². The molecule has 5 heteroatoms. The van der Waals surface area contributed by atoms with E-state index < -0.39 is 5.97 Å². The van der Waals surface area contributed by atoms with E-state index in [1.54, 1.807) is 0 Å². The number of nitrogens with zero attached hydrogens (tertiary/aromatic N) is 2. The number of aliphatic carboxylic acids is 1. The lowest BCUT2D eigenvalue weighted by molar-refractivity contribution is -0.136. The standard InChI is InChI=1S/C23H32N2O3/c1-5-25(6-2)14-15-28-22-16-18(11-13-23(26)27)10-12-21(22)19-8-7-9-20(17-19)24(3)4/h7-10,12,16-17H,5-6,11,13-15H2,1-4H3,(H,26,27). The largest absolute Gasteiger partial charge is 0.492 e. The Bertz CT molecular complexity index is 770. The smallest absolute Gasteiger partial charge is 0.303 e. The molecule has 1 N–H and O–H groups in total. The van der Waals surface area contributed by atoms with Crippen molar-refractivity contribution in [2.45, 2.75) is 26.7 Å². The summed E-state index contributed by atoms with van der Waals surface area (Å²) in [6.45, 7) is 7.75. The molecule has 0 atom stereocenters. The molecule has 0 bridgehead atoms. The van der Waals surface area contributed by atoms with Gasteiger partial charge in [-0.15, -0.1) is 0 Å². The van der Waals surface area contributed by atoms with Crippen LogP contribution >= 0.6 is 0 Å². The lowest BCUT2D eigenvalue weighted by Gasteiger charge is -2.20. The van der Waals surface area contributed by atoms with E-state index in [1.165, 1.54) is 0 Å². The van der Waals surface area contributed by atoms with Gasteiger partial charge >= 0.3 is 5.97 Å². The summed E-state index contributed by atoms with van der Waals surface area (Å²) >= 11 is 0. The highest BCUT2D eigenvalue weighted by molar-refractivity contribution is 5.74. The van der Waals surface area contributed by atoms with Crippen molar-refractivity contribution >= 4 is 11.7 Å². The molecule has 0 aliphatic rings. The van der Waals surface area contributed by atoms with Crippen LogP contribution in [0.4, 0.5) is 5.69 Å². The second-order valence-electron chi connectivity index (χ2n) is 7.04. The van der Waals surface area contributed by atoms with Crippen LogP contribution < -0.4 is 9.64 Å². The second kappa shape index (κ2) is 10.7. The van der Waals surface area contributed by atoms with Crippen LogP contribution in [0.1, 0.15) is 25.8 Å². The molecule has 152 valence electrons. The molecule has 0 aliphatic heterocycles. The van der Waals surface area contributed by atoms with Gasteiger partial charge in [0.05, 0.1) is 0 Å². The van der Waals surface area contributed by atoms with E-state index in [9.17, 15) is 4.79 Å². The molecule has 0 heterocycles. The fraction of sp³-hybridized carbons (Fsp3) is 0.435. The summed E-state index contributed by atoms with van der Waals surface area (Å²) in [5.41, 5.74) is 4.23. The molecule has 0 amide bonds. The second-order valence-corrected chi connectivity index (χ2v) is 7.04. The highest BCUT2D eigenvalue weighted by Crippen LogP contribution is 2.33. The SMILES string of the molecule is CCN(CC)CCOc1cc(CCC(=O)O)ccc1-c1cccc(N(C)C)c1. The van der Waals surface area contributed by atoms with Crippen molar-refractivity contribution in [3.05, 3.63) is 48.0 Å². The molecular weight excluding hydrogens is 352 g/mol. The number of rotatable bonds is 11. The van der Waals surface area contributed by atoms with Crippen LogP contribution in [0.25, 0.3) is 11.1 Å². The van der Waals surface area contributed by atoms with Gasteiger partial charge in [-0.3, -0.25) is 4.79 Å².